The highest BCUT2D eigenvalue weighted by molar-refractivity contribution is 5.73. The van der Waals surface area contributed by atoms with Gasteiger partial charge in [-0.25, -0.2) is 9.97 Å². The zero-order valence-electron chi connectivity index (χ0n) is 6.92. The molecule has 0 atom stereocenters. The summed E-state index contributed by atoms with van der Waals surface area (Å²) in [6.45, 7) is 1.14. The van der Waals surface area contributed by atoms with E-state index in [2.05, 4.69) is 9.97 Å². The summed E-state index contributed by atoms with van der Waals surface area (Å²) in [7, 11) is 0. The van der Waals surface area contributed by atoms with E-state index in [4.69, 9.17) is 5.11 Å². The lowest BCUT2D eigenvalue weighted by Gasteiger charge is -2.35. The van der Waals surface area contributed by atoms with Crippen molar-refractivity contribution in [1.82, 2.24) is 9.97 Å². The van der Waals surface area contributed by atoms with Gasteiger partial charge in [0.1, 0.15) is 0 Å². The molecule has 13 heavy (non-hydrogen) atoms. The second-order valence-corrected chi connectivity index (χ2v) is 2.99. The minimum atomic E-state index is -0.269. The first-order valence-electron chi connectivity index (χ1n) is 4.00. The van der Waals surface area contributed by atoms with E-state index < -0.39 is 0 Å². The van der Waals surface area contributed by atoms with Gasteiger partial charge in [-0.1, -0.05) is 0 Å². The Bertz CT molecular complexity index is 306. The fourth-order valence-corrected chi connectivity index (χ4v) is 1.17. The van der Waals surface area contributed by atoms with E-state index in [0.717, 1.165) is 0 Å². The Hall–Kier alpha value is -1.49. The highest BCUT2D eigenvalue weighted by atomic mass is 16.3. The summed E-state index contributed by atoms with van der Waals surface area (Å²) in [6, 6.07) is 0. The van der Waals surface area contributed by atoms with Gasteiger partial charge in [0.05, 0.1) is 11.7 Å². The normalized spacial score (nSPS) is 16.8. The molecule has 1 fully saturated rings. The minimum absolute atomic E-state index is 0.269. The first-order valence-corrected chi connectivity index (χ1v) is 4.00. The van der Waals surface area contributed by atoms with Crippen LogP contribution in [0.4, 0.5) is 5.95 Å². The van der Waals surface area contributed by atoms with Crippen LogP contribution in [-0.4, -0.2) is 40.6 Å². The fraction of sp³-hybridized carbons (Fsp3) is 0.375. The monoisotopic (exact) mass is 179 g/mol. The minimum Gasteiger partial charge on any atom is -0.389 e. The summed E-state index contributed by atoms with van der Waals surface area (Å²) >= 11 is 0. The summed E-state index contributed by atoms with van der Waals surface area (Å²) in [5, 5.41) is 9.03. The molecule has 1 aliphatic rings. The molecule has 5 heteroatoms. The summed E-state index contributed by atoms with van der Waals surface area (Å²) in [5.74, 6) is 0.566. The van der Waals surface area contributed by atoms with Crippen LogP contribution in [0.3, 0.4) is 0 Å². The van der Waals surface area contributed by atoms with Gasteiger partial charge in [-0.3, -0.25) is 4.79 Å². The van der Waals surface area contributed by atoms with E-state index in [-0.39, 0.29) is 6.10 Å². The molecule has 1 aromatic heterocycles. The second-order valence-electron chi connectivity index (χ2n) is 2.99. The molecule has 2 heterocycles. The largest absolute Gasteiger partial charge is 0.389 e. The SMILES string of the molecule is O=Cc1cnc(N2CC(O)C2)nc1. The maximum Gasteiger partial charge on any atom is 0.225 e. The molecule has 0 unspecified atom stereocenters. The van der Waals surface area contributed by atoms with Crippen molar-refractivity contribution < 1.29 is 9.90 Å². The maximum atomic E-state index is 10.3. The van der Waals surface area contributed by atoms with Gasteiger partial charge in [-0.05, 0) is 0 Å². The Kier molecular flexibility index (Phi) is 1.94. The average Bonchev–Trinajstić information content (AvgIpc) is 2.13. The Morgan fingerprint density at radius 1 is 1.46 bits per heavy atom. The van der Waals surface area contributed by atoms with E-state index >= 15 is 0 Å². The molecular formula is C8H9N3O2. The number of hydrogen-bond acceptors (Lipinski definition) is 5. The number of aromatic nitrogens is 2. The summed E-state index contributed by atoms with van der Waals surface area (Å²) in [6.07, 6.45) is 3.38. The van der Waals surface area contributed by atoms with Crippen LogP contribution < -0.4 is 4.90 Å². The quantitative estimate of drug-likeness (QED) is 0.618. The Balaban J connectivity index is 2.10. The third-order valence-corrected chi connectivity index (χ3v) is 1.94. The molecule has 1 aromatic rings. The molecule has 0 bridgehead atoms. The van der Waals surface area contributed by atoms with Crippen LogP contribution in [0.25, 0.3) is 0 Å². The number of hydrogen-bond donors (Lipinski definition) is 1. The van der Waals surface area contributed by atoms with Crippen LogP contribution in [0.15, 0.2) is 12.4 Å². The lowest BCUT2D eigenvalue weighted by molar-refractivity contribution is 0.112. The molecular weight excluding hydrogens is 170 g/mol. The molecule has 0 radical (unpaired) electrons. The van der Waals surface area contributed by atoms with Crippen LogP contribution in [-0.2, 0) is 0 Å². The highest BCUT2D eigenvalue weighted by Gasteiger charge is 2.26. The molecule has 68 valence electrons. The van der Waals surface area contributed by atoms with Gasteiger partial charge in [-0.15, -0.1) is 0 Å². The van der Waals surface area contributed by atoms with Crippen LogP contribution in [0.1, 0.15) is 10.4 Å². The van der Waals surface area contributed by atoms with E-state index in [1.54, 1.807) is 0 Å². The standard InChI is InChI=1S/C8H9N3O2/c12-5-6-1-9-8(10-2-6)11-3-7(13)4-11/h1-2,5,7,13H,3-4H2. The lowest BCUT2D eigenvalue weighted by atomic mass is 10.2. The number of nitrogens with zero attached hydrogens (tertiary/aromatic N) is 3. The third-order valence-electron chi connectivity index (χ3n) is 1.94. The number of β-amino-alcohol motifs (C(OH)–C–C–N with tert-alkyl or cyclic N) is 1. The molecule has 1 N–H and O–H groups in total. The van der Waals surface area contributed by atoms with Gasteiger partial charge < -0.3 is 10.0 Å². The number of anilines is 1. The number of aliphatic hydroxyl groups excluding tert-OH is 1. The first kappa shape index (κ1) is 8.12. The van der Waals surface area contributed by atoms with Gasteiger partial charge in [0.25, 0.3) is 0 Å². The van der Waals surface area contributed by atoms with Crippen LogP contribution in [0.2, 0.25) is 0 Å². The van der Waals surface area contributed by atoms with Crippen molar-refractivity contribution in [2.45, 2.75) is 6.10 Å². The van der Waals surface area contributed by atoms with Crippen molar-refractivity contribution in [3.05, 3.63) is 18.0 Å². The number of aliphatic hydroxyl groups is 1. The van der Waals surface area contributed by atoms with Gasteiger partial charge in [-0.2, -0.15) is 0 Å². The van der Waals surface area contributed by atoms with E-state index in [1.807, 2.05) is 4.90 Å². The summed E-state index contributed by atoms with van der Waals surface area (Å²) in [4.78, 5) is 20.1. The van der Waals surface area contributed by atoms with Crippen LogP contribution >= 0.6 is 0 Å². The Morgan fingerprint density at radius 3 is 2.54 bits per heavy atom. The molecule has 0 saturated carbocycles. The molecule has 5 nitrogen and oxygen atoms in total. The smallest absolute Gasteiger partial charge is 0.225 e. The zero-order chi connectivity index (χ0) is 9.26. The third kappa shape index (κ3) is 1.50. The summed E-state index contributed by atoms with van der Waals surface area (Å²) in [5.41, 5.74) is 0.463. The second kappa shape index (κ2) is 3.10. The van der Waals surface area contributed by atoms with Gasteiger partial charge in [0.15, 0.2) is 6.29 Å². The van der Waals surface area contributed by atoms with Crippen molar-refractivity contribution >= 4 is 12.2 Å². The Labute approximate surface area is 75.0 Å². The van der Waals surface area contributed by atoms with Crippen molar-refractivity contribution in [2.24, 2.45) is 0 Å². The molecule has 1 saturated heterocycles. The van der Waals surface area contributed by atoms with Crippen molar-refractivity contribution in [3.63, 3.8) is 0 Å². The topological polar surface area (TPSA) is 66.3 Å². The number of aldehydes is 1. The maximum absolute atomic E-state index is 10.3. The van der Waals surface area contributed by atoms with Crippen LogP contribution in [0.5, 0.6) is 0 Å². The van der Waals surface area contributed by atoms with E-state index in [0.29, 0.717) is 30.9 Å². The predicted octanol–water partition coefficient (Wildman–Crippen LogP) is -0.530. The molecule has 0 spiro atoms. The number of carbonyl (C=O) groups excluding carboxylic acids is 1. The number of rotatable bonds is 2. The average molecular weight is 179 g/mol. The van der Waals surface area contributed by atoms with Crippen molar-refractivity contribution in [1.29, 1.82) is 0 Å². The molecule has 2 rings (SSSR count). The molecule has 1 aliphatic heterocycles. The first-order chi connectivity index (χ1) is 6.29. The van der Waals surface area contributed by atoms with Crippen molar-refractivity contribution in [3.8, 4) is 0 Å². The molecule has 0 amide bonds. The number of carbonyl (C=O) groups is 1. The Morgan fingerprint density at radius 2 is 2.08 bits per heavy atom. The highest BCUT2D eigenvalue weighted by Crippen LogP contribution is 2.14. The van der Waals surface area contributed by atoms with Gasteiger partial charge >= 0.3 is 0 Å². The lowest BCUT2D eigenvalue weighted by Crippen LogP contribution is -2.51. The molecule has 0 aliphatic carbocycles. The van der Waals surface area contributed by atoms with Crippen LogP contribution in [0, 0.1) is 0 Å². The van der Waals surface area contributed by atoms with Gasteiger partial charge in [0.2, 0.25) is 5.95 Å². The zero-order valence-corrected chi connectivity index (χ0v) is 6.92. The van der Waals surface area contributed by atoms with Gasteiger partial charge in [0, 0.05) is 25.5 Å². The summed E-state index contributed by atoms with van der Waals surface area (Å²) < 4.78 is 0. The fourth-order valence-electron chi connectivity index (χ4n) is 1.17. The van der Waals surface area contributed by atoms with Crippen molar-refractivity contribution in [2.75, 3.05) is 18.0 Å². The predicted molar refractivity (Wildman–Crippen MR) is 45.6 cm³/mol. The van der Waals surface area contributed by atoms with E-state index in [1.165, 1.54) is 12.4 Å². The van der Waals surface area contributed by atoms with E-state index in [9.17, 15) is 4.79 Å². The molecule has 0 aromatic carbocycles.